The Balaban J connectivity index is 1.62. The number of anilines is 2. The number of rotatable bonds is 7. The summed E-state index contributed by atoms with van der Waals surface area (Å²) in [6.45, 7) is 3.69. The zero-order chi connectivity index (χ0) is 18.4. The summed E-state index contributed by atoms with van der Waals surface area (Å²) in [5, 5.41) is 15.0. The van der Waals surface area contributed by atoms with Crippen molar-refractivity contribution in [3.63, 3.8) is 0 Å². The molecule has 7 nitrogen and oxygen atoms in total. The number of nitro groups is 1. The number of nitrogens with zero attached hydrogens (tertiary/aromatic N) is 2. The third-order valence-corrected chi connectivity index (χ3v) is 4.30. The predicted molar refractivity (Wildman–Crippen MR) is 102 cm³/mol. The Morgan fingerprint density at radius 2 is 1.92 bits per heavy atom. The minimum absolute atomic E-state index is 0.0495. The van der Waals surface area contributed by atoms with Crippen molar-refractivity contribution >= 4 is 28.7 Å². The van der Waals surface area contributed by atoms with Gasteiger partial charge in [-0.25, -0.2) is 0 Å². The topological polar surface area (TPSA) is 76.9 Å². The van der Waals surface area contributed by atoms with Gasteiger partial charge in [-0.1, -0.05) is 11.6 Å². The lowest BCUT2D eigenvalue weighted by molar-refractivity contribution is -0.383. The lowest BCUT2D eigenvalue weighted by atomic mass is 10.2. The normalized spacial score (nSPS) is 14.1. The van der Waals surface area contributed by atoms with Gasteiger partial charge in [0.05, 0.1) is 18.1 Å². The highest BCUT2D eigenvalue weighted by Gasteiger charge is 2.18. The van der Waals surface area contributed by atoms with Gasteiger partial charge in [0.1, 0.15) is 18.0 Å². The maximum atomic E-state index is 11.3. The van der Waals surface area contributed by atoms with E-state index in [1.807, 2.05) is 6.07 Å². The maximum Gasteiger partial charge on any atom is 0.292 e. The van der Waals surface area contributed by atoms with Gasteiger partial charge in [0.2, 0.25) is 0 Å². The monoisotopic (exact) mass is 377 g/mol. The minimum atomic E-state index is -0.383. The van der Waals surface area contributed by atoms with Crippen molar-refractivity contribution in [1.82, 2.24) is 0 Å². The van der Waals surface area contributed by atoms with Gasteiger partial charge in [0.15, 0.2) is 0 Å². The highest BCUT2D eigenvalue weighted by atomic mass is 35.5. The molecule has 26 heavy (non-hydrogen) atoms. The molecule has 0 radical (unpaired) electrons. The van der Waals surface area contributed by atoms with Crippen LogP contribution in [0.3, 0.4) is 0 Å². The van der Waals surface area contributed by atoms with Crippen LogP contribution in [0, 0.1) is 10.1 Å². The number of hydrogen-bond donors (Lipinski definition) is 1. The second kappa shape index (κ2) is 8.73. The fourth-order valence-corrected chi connectivity index (χ4v) is 2.85. The van der Waals surface area contributed by atoms with E-state index >= 15 is 0 Å². The molecule has 0 unspecified atom stereocenters. The number of morpholine rings is 1. The fourth-order valence-electron chi connectivity index (χ4n) is 2.73. The Morgan fingerprint density at radius 1 is 1.19 bits per heavy atom. The van der Waals surface area contributed by atoms with Crippen molar-refractivity contribution in [3.05, 3.63) is 57.6 Å². The Kier molecular flexibility index (Phi) is 6.14. The minimum Gasteiger partial charge on any atom is -0.492 e. The summed E-state index contributed by atoms with van der Waals surface area (Å²) in [6.07, 6.45) is 0. The first-order valence-electron chi connectivity index (χ1n) is 8.37. The maximum absolute atomic E-state index is 11.3. The molecule has 1 saturated heterocycles. The second-order valence-corrected chi connectivity index (χ2v) is 6.22. The van der Waals surface area contributed by atoms with Crippen LogP contribution in [0.2, 0.25) is 5.02 Å². The predicted octanol–water partition coefficient (Wildman–Crippen LogP) is 3.58. The number of hydrogen-bond acceptors (Lipinski definition) is 6. The summed E-state index contributed by atoms with van der Waals surface area (Å²) in [5.41, 5.74) is 1.48. The second-order valence-electron chi connectivity index (χ2n) is 5.79. The van der Waals surface area contributed by atoms with Crippen LogP contribution in [0.15, 0.2) is 42.5 Å². The van der Waals surface area contributed by atoms with E-state index in [2.05, 4.69) is 10.2 Å². The quantitative estimate of drug-likeness (QED) is 0.451. The molecule has 0 aromatic heterocycles. The van der Waals surface area contributed by atoms with E-state index in [1.165, 1.54) is 6.07 Å². The molecule has 138 valence electrons. The molecule has 0 amide bonds. The van der Waals surface area contributed by atoms with Crippen LogP contribution in [0.25, 0.3) is 0 Å². The van der Waals surface area contributed by atoms with Gasteiger partial charge in [-0.3, -0.25) is 10.1 Å². The van der Waals surface area contributed by atoms with Crippen LogP contribution in [0.4, 0.5) is 17.1 Å². The molecule has 1 N–H and O–H groups in total. The van der Waals surface area contributed by atoms with E-state index in [4.69, 9.17) is 21.1 Å². The average molecular weight is 378 g/mol. The van der Waals surface area contributed by atoms with E-state index in [-0.39, 0.29) is 10.6 Å². The van der Waals surface area contributed by atoms with Crippen molar-refractivity contribution < 1.29 is 14.4 Å². The molecule has 8 heteroatoms. The molecule has 0 saturated carbocycles. The summed E-state index contributed by atoms with van der Waals surface area (Å²) < 4.78 is 11.0. The van der Waals surface area contributed by atoms with Gasteiger partial charge in [-0.15, -0.1) is 0 Å². The van der Waals surface area contributed by atoms with Crippen molar-refractivity contribution in [3.8, 4) is 5.75 Å². The van der Waals surface area contributed by atoms with Gasteiger partial charge < -0.3 is 19.7 Å². The summed E-state index contributed by atoms with van der Waals surface area (Å²) in [6, 6.07) is 12.2. The number of nitro benzene ring substituents is 1. The molecule has 0 bridgehead atoms. The van der Waals surface area contributed by atoms with Crippen LogP contribution in [-0.4, -0.2) is 44.4 Å². The van der Waals surface area contributed by atoms with E-state index in [9.17, 15) is 10.1 Å². The van der Waals surface area contributed by atoms with Crippen molar-refractivity contribution in [2.45, 2.75) is 0 Å². The Hall–Kier alpha value is -2.51. The molecule has 1 aliphatic heterocycles. The molecule has 2 aromatic rings. The van der Waals surface area contributed by atoms with Gasteiger partial charge in [-0.2, -0.15) is 0 Å². The first-order chi connectivity index (χ1) is 12.6. The summed E-state index contributed by atoms with van der Waals surface area (Å²) >= 11 is 5.84. The summed E-state index contributed by atoms with van der Waals surface area (Å²) in [7, 11) is 0. The Morgan fingerprint density at radius 3 is 2.62 bits per heavy atom. The van der Waals surface area contributed by atoms with Crippen LogP contribution < -0.4 is 15.0 Å². The van der Waals surface area contributed by atoms with E-state index in [0.717, 1.165) is 18.8 Å². The summed E-state index contributed by atoms with van der Waals surface area (Å²) in [5.74, 6) is 0.702. The van der Waals surface area contributed by atoms with Crippen LogP contribution >= 0.6 is 11.6 Å². The van der Waals surface area contributed by atoms with Gasteiger partial charge in [0.25, 0.3) is 5.69 Å². The average Bonchev–Trinajstić information content (AvgIpc) is 2.67. The van der Waals surface area contributed by atoms with Crippen molar-refractivity contribution in [2.24, 2.45) is 0 Å². The van der Waals surface area contributed by atoms with Gasteiger partial charge >= 0.3 is 0 Å². The van der Waals surface area contributed by atoms with Crippen molar-refractivity contribution in [1.29, 1.82) is 0 Å². The van der Waals surface area contributed by atoms with Crippen LogP contribution in [0.1, 0.15) is 0 Å². The van der Waals surface area contributed by atoms with Crippen molar-refractivity contribution in [2.75, 3.05) is 49.7 Å². The molecule has 0 aliphatic carbocycles. The SMILES string of the molecule is O=[N+]([O-])c1ccc(N2CCOCC2)cc1NCCOc1ccc(Cl)cc1. The lowest BCUT2D eigenvalue weighted by Gasteiger charge is -2.29. The highest BCUT2D eigenvalue weighted by molar-refractivity contribution is 6.30. The van der Waals surface area contributed by atoms with Gasteiger partial charge in [-0.05, 0) is 36.4 Å². The Labute approximate surface area is 156 Å². The third kappa shape index (κ3) is 4.77. The number of ether oxygens (including phenoxy) is 2. The lowest BCUT2D eigenvalue weighted by Crippen LogP contribution is -2.36. The van der Waals surface area contributed by atoms with Crippen LogP contribution in [0.5, 0.6) is 5.75 Å². The smallest absolute Gasteiger partial charge is 0.292 e. The number of benzene rings is 2. The first-order valence-corrected chi connectivity index (χ1v) is 8.74. The fraction of sp³-hybridized carbons (Fsp3) is 0.333. The van der Waals surface area contributed by atoms with E-state index in [1.54, 1.807) is 30.3 Å². The molecule has 1 heterocycles. The molecule has 3 rings (SSSR count). The highest BCUT2D eigenvalue weighted by Crippen LogP contribution is 2.30. The van der Waals surface area contributed by atoms with Gasteiger partial charge in [0, 0.05) is 36.4 Å². The standard InChI is InChI=1S/C18H20ClN3O4/c19-14-1-4-16(5-2-14)26-10-7-20-17-13-15(3-6-18(17)22(23)24)21-8-11-25-12-9-21/h1-6,13,20H,7-12H2. The van der Waals surface area contributed by atoms with E-state index in [0.29, 0.717) is 42.8 Å². The Bertz CT molecular complexity index is 749. The number of nitrogens with one attached hydrogen (secondary N) is 1. The molecular weight excluding hydrogens is 358 g/mol. The van der Waals surface area contributed by atoms with Crippen LogP contribution in [-0.2, 0) is 4.74 Å². The molecule has 1 aliphatic rings. The van der Waals surface area contributed by atoms with E-state index < -0.39 is 0 Å². The molecule has 1 fully saturated rings. The number of halogens is 1. The zero-order valence-corrected chi connectivity index (χ0v) is 14.9. The molecule has 2 aromatic carbocycles. The molecular formula is C18H20ClN3O4. The molecule has 0 spiro atoms. The summed E-state index contributed by atoms with van der Waals surface area (Å²) in [4.78, 5) is 13.1. The third-order valence-electron chi connectivity index (χ3n) is 4.05. The largest absolute Gasteiger partial charge is 0.492 e. The first kappa shape index (κ1) is 18.3. The zero-order valence-electron chi connectivity index (χ0n) is 14.2. The molecule has 0 atom stereocenters.